The van der Waals surface area contributed by atoms with Gasteiger partial charge in [-0.3, -0.25) is 4.90 Å². The van der Waals surface area contributed by atoms with Crippen LogP contribution >= 0.6 is 0 Å². The second kappa shape index (κ2) is 6.09. The molecule has 1 unspecified atom stereocenters. The maximum Gasteiger partial charge on any atom is 0.405 e. The van der Waals surface area contributed by atoms with Gasteiger partial charge in [-0.2, -0.15) is 13.2 Å². The van der Waals surface area contributed by atoms with Crippen molar-refractivity contribution in [2.45, 2.75) is 32.0 Å². The molecule has 0 aliphatic carbocycles. The standard InChI is InChI=1S/C10H18F3N3O/c1-2-16-5-3-4-8(16)6-14-9(17)15-7-10(11,12)13/h8H,2-7H2,1H3,(H2,14,15,17). The maximum absolute atomic E-state index is 11.8. The Morgan fingerprint density at radius 3 is 2.71 bits per heavy atom. The van der Waals surface area contributed by atoms with Gasteiger partial charge in [0.2, 0.25) is 0 Å². The van der Waals surface area contributed by atoms with Crippen LogP contribution in [-0.2, 0) is 0 Å². The Bertz CT molecular complexity index is 258. The van der Waals surface area contributed by atoms with E-state index < -0.39 is 18.8 Å². The second-order valence-electron chi connectivity index (χ2n) is 4.10. The summed E-state index contributed by atoms with van der Waals surface area (Å²) in [5.41, 5.74) is 0. The zero-order valence-corrected chi connectivity index (χ0v) is 9.81. The van der Waals surface area contributed by atoms with Crippen molar-refractivity contribution in [2.24, 2.45) is 0 Å². The first-order valence-electron chi connectivity index (χ1n) is 5.75. The molecule has 0 aromatic heterocycles. The van der Waals surface area contributed by atoms with Crippen LogP contribution in [0.1, 0.15) is 19.8 Å². The molecule has 4 nitrogen and oxygen atoms in total. The highest BCUT2D eigenvalue weighted by molar-refractivity contribution is 5.73. The van der Waals surface area contributed by atoms with Crippen molar-refractivity contribution < 1.29 is 18.0 Å². The zero-order valence-electron chi connectivity index (χ0n) is 9.81. The normalized spacial score (nSPS) is 21.5. The van der Waals surface area contributed by atoms with Gasteiger partial charge in [0.05, 0.1) is 0 Å². The smallest absolute Gasteiger partial charge is 0.337 e. The summed E-state index contributed by atoms with van der Waals surface area (Å²) in [6.07, 6.45) is -2.31. The van der Waals surface area contributed by atoms with E-state index in [1.165, 1.54) is 0 Å². The Balaban J connectivity index is 2.19. The van der Waals surface area contributed by atoms with Gasteiger partial charge in [-0.15, -0.1) is 0 Å². The summed E-state index contributed by atoms with van der Waals surface area (Å²) in [7, 11) is 0. The zero-order chi connectivity index (χ0) is 12.9. The van der Waals surface area contributed by atoms with Crippen molar-refractivity contribution >= 4 is 6.03 Å². The van der Waals surface area contributed by atoms with E-state index >= 15 is 0 Å². The first-order valence-corrected chi connectivity index (χ1v) is 5.75. The molecule has 2 N–H and O–H groups in total. The molecule has 1 rings (SSSR count). The summed E-state index contributed by atoms with van der Waals surface area (Å²) in [5, 5.41) is 4.26. The van der Waals surface area contributed by atoms with Crippen LogP contribution in [0.15, 0.2) is 0 Å². The van der Waals surface area contributed by atoms with Gasteiger partial charge in [-0.05, 0) is 25.9 Å². The van der Waals surface area contributed by atoms with E-state index in [1.807, 2.05) is 6.92 Å². The number of carbonyl (C=O) groups is 1. The summed E-state index contributed by atoms with van der Waals surface area (Å²) in [5.74, 6) is 0. The number of nitrogens with zero attached hydrogens (tertiary/aromatic N) is 1. The van der Waals surface area contributed by atoms with Gasteiger partial charge in [0.15, 0.2) is 0 Å². The second-order valence-corrected chi connectivity index (χ2v) is 4.10. The molecule has 1 heterocycles. The van der Waals surface area contributed by atoms with Crippen LogP contribution in [0.3, 0.4) is 0 Å². The Kier molecular flexibility index (Phi) is 5.04. The van der Waals surface area contributed by atoms with Gasteiger partial charge in [0.1, 0.15) is 6.54 Å². The van der Waals surface area contributed by atoms with Crippen LogP contribution in [0.5, 0.6) is 0 Å². The number of urea groups is 1. The van der Waals surface area contributed by atoms with Crippen LogP contribution in [0.25, 0.3) is 0 Å². The molecule has 0 saturated carbocycles. The van der Waals surface area contributed by atoms with Crippen LogP contribution in [0, 0.1) is 0 Å². The molecule has 2 amide bonds. The number of alkyl halides is 3. The Morgan fingerprint density at radius 2 is 2.12 bits per heavy atom. The molecular weight excluding hydrogens is 235 g/mol. The van der Waals surface area contributed by atoms with Gasteiger partial charge in [0.25, 0.3) is 0 Å². The molecule has 1 saturated heterocycles. The molecule has 0 spiro atoms. The van der Waals surface area contributed by atoms with Crippen molar-refractivity contribution in [3.63, 3.8) is 0 Å². The minimum Gasteiger partial charge on any atom is -0.337 e. The van der Waals surface area contributed by atoms with Crippen molar-refractivity contribution in [1.82, 2.24) is 15.5 Å². The molecule has 17 heavy (non-hydrogen) atoms. The third kappa shape index (κ3) is 5.25. The Hall–Kier alpha value is -0.980. The fourth-order valence-electron chi connectivity index (χ4n) is 2.00. The van der Waals surface area contributed by atoms with Gasteiger partial charge in [-0.25, -0.2) is 4.79 Å². The van der Waals surface area contributed by atoms with E-state index in [4.69, 9.17) is 0 Å². The van der Waals surface area contributed by atoms with Gasteiger partial charge in [-0.1, -0.05) is 6.92 Å². The summed E-state index contributed by atoms with van der Waals surface area (Å²) in [4.78, 5) is 13.3. The molecule has 0 aromatic carbocycles. The van der Waals surface area contributed by atoms with E-state index in [-0.39, 0.29) is 6.04 Å². The highest BCUT2D eigenvalue weighted by atomic mass is 19.4. The fourth-order valence-corrected chi connectivity index (χ4v) is 2.00. The van der Waals surface area contributed by atoms with E-state index in [1.54, 1.807) is 5.32 Å². The fraction of sp³-hybridized carbons (Fsp3) is 0.900. The maximum atomic E-state index is 11.8. The lowest BCUT2D eigenvalue weighted by Crippen LogP contribution is -2.46. The van der Waals surface area contributed by atoms with Crippen LogP contribution in [0.4, 0.5) is 18.0 Å². The SMILES string of the molecule is CCN1CCCC1CNC(=O)NCC(F)(F)F. The topological polar surface area (TPSA) is 44.4 Å². The van der Waals surface area contributed by atoms with Crippen molar-refractivity contribution in [3.8, 4) is 0 Å². The number of hydrogen-bond donors (Lipinski definition) is 2. The number of likely N-dealkylation sites (tertiary alicyclic amines) is 1. The lowest BCUT2D eigenvalue weighted by Gasteiger charge is -2.23. The third-order valence-electron chi connectivity index (χ3n) is 2.85. The lowest BCUT2D eigenvalue weighted by molar-refractivity contribution is -0.122. The number of likely N-dealkylation sites (N-methyl/N-ethyl adjacent to an activating group) is 1. The molecule has 1 fully saturated rings. The van der Waals surface area contributed by atoms with Gasteiger partial charge in [0, 0.05) is 12.6 Å². The molecule has 100 valence electrons. The van der Waals surface area contributed by atoms with E-state index in [9.17, 15) is 18.0 Å². The highest BCUT2D eigenvalue weighted by Gasteiger charge is 2.28. The largest absolute Gasteiger partial charge is 0.405 e. The summed E-state index contributed by atoms with van der Waals surface area (Å²) in [6, 6.07) is -0.512. The lowest BCUT2D eigenvalue weighted by atomic mass is 10.2. The molecule has 1 aliphatic rings. The first kappa shape index (κ1) is 14.1. The monoisotopic (exact) mass is 253 g/mol. The molecular formula is C10H18F3N3O. The number of hydrogen-bond acceptors (Lipinski definition) is 2. The predicted octanol–water partition coefficient (Wildman–Crippen LogP) is 1.33. The minimum atomic E-state index is -4.36. The van der Waals surface area contributed by atoms with Crippen LogP contribution in [-0.4, -0.2) is 49.3 Å². The van der Waals surface area contributed by atoms with Crippen LogP contribution < -0.4 is 10.6 Å². The van der Waals surface area contributed by atoms with E-state index in [2.05, 4.69) is 10.2 Å². The summed E-state index contributed by atoms with van der Waals surface area (Å²) < 4.78 is 35.5. The molecule has 0 aromatic rings. The molecule has 7 heteroatoms. The summed E-state index contributed by atoms with van der Waals surface area (Å²) >= 11 is 0. The third-order valence-corrected chi connectivity index (χ3v) is 2.85. The predicted molar refractivity (Wildman–Crippen MR) is 57.7 cm³/mol. The average molecular weight is 253 g/mol. The number of amides is 2. The van der Waals surface area contributed by atoms with Crippen molar-refractivity contribution in [1.29, 1.82) is 0 Å². The van der Waals surface area contributed by atoms with Gasteiger partial charge >= 0.3 is 12.2 Å². The van der Waals surface area contributed by atoms with E-state index in [0.717, 1.165) is 25.9 Å². The average Bonchev–Trinajstić information content (AvgIpc) is 2.69. The number of halogens is 3. The van der Waals surface area contributed by atoms with Crippen molar-refractivity contribution in [2.75, 3.05) is 26.2 Å². The number of nitrogens with one attached hydrogen (secondary N) is 2. The summed E-state index contributed by atoms with van der Waals surface area (Å²) in [6.45, 7) is 3.03. The number of rotatable bonds is 4. The van der Waals surface area contributed by atoms with Gasteiger partial charge < -0.3 is 10.6 Å². The minimum absolute atomic E-state index is 0.247. The Morgan fingerprint density at radius 1 is 1.41 bits per heavy atom. The quantitative estimate of drug-likeness (QED) is 0.794. The molecule has 0 bridgehead atoms. The number of carbonyl (C=O) groups excluding carboxylic acids is 1. The molecule has 0 radical (unpaired) electrons. The highest BCUT2D eigenvalue weighted by Crippen LogP contribution is 2.15. The Labute approximate surface area is 98.5 Å². The van der Waals surface area contributed by atoms with Crippen molar-refractivity contribution in [3.05, 3.63) is 0 Å². The first-order chi connectivity index (χ1) is 7.92. The molecule has 1 aliphatic heterocycles. The van der Waals surface area contributed by atoms with E-state index in [0.29, 0.717) is 6.54 Å². The van der Waals surface area contributed by atoms with Crippen LogP contribution in [0.2, 0.25) is 0 Å². The molecule has 1 atom stereocenters.